The fourth-order valence-corrected chi connectivity index (χ4v) is 2.24. The van der Waals surface area contributed by atoms with Crippen LogP contribution in [0, 0.1) is 6.92 Å². The highest BCUT2D eigenvalue weighted by Gasteiger charge is 2.18. The van der Waals surface area contributed by atoms with E-state index in [1.165, 1.54) is 7.11 Å². The van der Waals surface area contributed by atoms with Gasteiger partial charge in [0.1, 0.15) is 12.4 Å². The van der Waals surface area contributed by atoms with Crippen LogP contribution in [0.2, 0.25) is 0 Å². The van der Waals surface area contributed by atoms with Crippen molar-refractivity contribution in [2.45, 2.75) is 13.5 Å². The van der Waals surface area contributed by atoms with Gasteiger partial charge in [-0.2, -0.15) is 0 Å². The lowest BCUT2D eigenvalue weighted by molar-refractivity contribution is 0.0565. The number of rotatable bonds is 5. The first kappa shape index (κ1) is 15.8. The SMILES string of the molecule is COC(=O)c1oc(-c2ccc(OCc3ccccc3)cc2)nc1C. The number of esters is 1. The first-order valence-corrected chi connectivity index (χ1v) is 7.50. The van der Waals surface area contributed by atoms with Crippen molar-refractivity contribution in [1.82, 2.24) is 4.98 Å². The Bertz CT molecular complexity index is 822. The number of nitrogens with zero attached hydrogens (tertiary/aromatic N) is 1. The van der Waals surface area contributed by atoms with Crippen molar-refractivity contribution in [2.75, 3.05) is 7.11 Å². The molecule has 2 aromatic carbocycles. The van der Waals surface area contributed by atoms with Crippen LogP contribution in [0.3, 0.4) is 0 Å². The van der Waals surface area contributed by atoms with Gasteiger partial charge >= 0.3 is 5.97 Å². The molecule has 0 saturated heterocycles. The Labute approximate surface area is 139 Å². The number of methoxy groups -OCH3 is 1. The number of carbonyl (C=O) groups is 1. The molecule has 24 heavy (non-hydrogen) atoms. The van der Waals surface area contributed by atoms with Gasteiger partial charge < -0.3 is 13.9 Å². The molecule has 0 saturated carbocycles. The summed E-state index contributed by atoms with van der Waals surface area (Å²) in [6.07, 6.45) is 0. The van der Waals surface area contributed by atoms with Gasteiger partial charge in [-0.25, -0.2) is 9.78 Å². The highest BCUT2D eigenvalue weighted by molar-refractivity contribution is 5.87. The number of benzene rings is 2. The predicted octanol–water partition coefficient (Wildman–Crippen LogP) is 4.02. The van der Waals surface area contributed by atoms with E-state index in [2.05, 4.69) is 9.72 Å². The maximum Gasteiger partial charge on any atom is 0.375 e. The quantitative estimate of drug-likeness (QED) is 0.664. The summed E-state index contributed by atoms with van der Waals surface area (Å²) in [6.45, 7) is 2.21. The largest absolute Gasteiger partial charge is 0.489 e. The van der Waals surface area contributed by atoms with Gasteiger partial charge in [-0.05, 0) is 36.8 Å². The van der Waals surface area contributed by atoms with Gasteiger partial charge in [0, 0.05) is 5.56 Å². The van der Waals surface area contributed by atoms with Crippen LogP contribution >= 0.6 is 0 Å². The average Bonchev–Trinajstić information content (AvgIpc) is 3.02. The van der Waals surface area contributed by atoms with Gasteiger partial charge in [0.2, 0.25) is 11.7 Å². The summed E-state index contributed by atoms with van der Waals surface area (Å²) in [5.74, 6) is 0.715. The minimum atomic E-state index is -0.533. The van der Waals surface area contributed by atoms with Gasteiger partial charge in [0.25, 0.3) is 0 Å². The summed E-state index contributed by atoms with van der Waals surface area (Å²) in [5.41, 5.74) is 2.37. The van der Waals surface area contributed by atoms with Crippen molar-refractivity contribution in [3.63, 3.8) is 0 Å². The van der Waals surface area contributed by atoms with E-state index in [4.69, 9.17) is 9.15 Å². The highest BCUT2D eigenvalue weighted by Crippen LogP contribution is 2.24. The van der Waals surface area contributed by atoms with Gasteiger partial charge in [0.15, 0.2) is 0 Å². The Morgan fingerprint density at radius 1 is 1.08 bits per heavy atom. The molecule has 0 bridgehead atoms. The molecule has 0 atom stereocenters. The molecule has 0 N–H and O–H groups in total. The van der Waals surface area contributed by atoms with E-state index in [0.29, 0.717) is 18.2 Å². The van der Waals surface area contributed by atoms with Gasteiger partial charge in [-0.15, -0.1) is 0 Å². The first-order chi connectivity index (χ1) is 11.7. The van der Waals surface area contributed by atoms with E-state index in [1.54, 1.807) is 6.92 Å². The normalized spacial score (nSPS) is 10.4. The smallest absolute Gasteiger partial charge is 0.375 e. The number of oxazole rings is 1. The lowest BCUT2D eigenvalue weighted by Crippen LogP contribution is -2.00. The molecule has 5 heteroatoms. The summed E-state index contributed by atoms with van der Waals surface area (Å²) in [4.78, 5) is 15.8. The third-order valence-corrected chi connectivity index (χ3v) is 3.52. The molecule has 0 aliphatic rings. The molecule has 0 unspecified atom stereocenters. The lowest BCUT2D eigenvalue weighted by Gasteiger charge is -2.06. The number of carbonyl (C=O) groups excluding carboxylic acids is 1. The van der Waals surface area contributed by atoms with E-state index in [9.17, 15) is 4.79 Å². The fourth-order valence-electron chi connectivity index (χ4n) is 2.24. The van der Waals surface area contributed by atoms with Crippen LogP contribution in [0.4, 0.5) is 0 Å². The van der Waals surface area contributed by atoms with Crippen molar-refractivity contribution in [3.05, 3.63) is 71.6 Å². The summed E-state index contributed by atoms with van der Waals surface area (Å²) in [7, 11) is 1.31. The van der Waals surface area contributed by atoms with E-state index < -0.39 is 5.97 Å². The molecule has 0 spiro atoms. The standard InChI is InChI=1S/C19H17NO4/c1-13-17(19(21)22-2)24-18(20-13)15-8-10-16(11-9-15)23-12-14-6-4-3-5-7-14/h3-11H,12H2,1-2H3. The van der Waals surface area contributed by atoms with Crippen molar-refractivity contribution >= 4 is 5.97 Å². The molecular weight excluding hydrogens is 306 g/mol. The zero-order chi connectivity index (χ0) is 16.9. The molecule has 0 radical (unpaired) electrons. The second-order valence-corrected chi connectivity index (χ2v) is 5.22. The Kier molecular flexibility index (Phi) is 4.61. The topological polar surface area (TPSA) is 61.6 Å². The van der Waals surface area contributed by atoms with Crippen molar-refractivity contribution in [2.24, 2.45) is 0 Å². The maximum absolute atomic E-state index is 11.6. The second-order valence-electron chi connectivity index (χ2n) is 5.22. The van der Waals surface area contributed by atoms with Gasteiger partial charge in [-0.3, -0.25) is 0 Å². The summed E-state index contributed by atoms with van der Waals surface area (Å²) in [6, 6.07) is 17.3. The van der Waals surface area contributed by atoms with Crippen LogP contribution in [0.25, 0.3) is 11.5 Å². The Hall–Kier alpha value is -3.08. The molecule has 5 nitrogen and oxygen atoms in total. The van der Waals surface area contributed by atoms with Crippen LogP contribution in [0.5, 0.6) is 5.75 Å². The van der Waals surface area contributed by atoms with E-state index in [1.807, 2.05) is 54.6 Å². The fraction of sp³-hybridized carbons (Fsp3) is 0.158. The molecule has 0 aliphatic heterocycles. The molecule has 0 aliphatic carbocycles. The third-order valence-electron chi connectivity index (χ3n) is 3.52. The summed E-state index contributed by atoms with van der Waals surface area (Å²) >= 11 is 0. The predicted molar refractivity (Wildman–Crippen MR) is 88.8 cm³/mol. The molecular formula is C19H17NO4. The average molecular weight is 323 g/mol. The molecule has 3 aromatic rings. The minimum absolute atomic E-state index is 0.122. The third kappa shape index (κ3) is 3.46. The molecule has 3 rings (SSSR count). The molecule has 0 fully saturated rings. The van der Waals surface area contributed by atoms with Crippen LogP contribution < -0.4 is 4.74 Å². The van der Waals surface area contributed by atoms with Gasteiger partial charge in [0.05, 0.1) is 12.8 Å². The van der Waals surface area contributed by atoms with Crippen molar-refractivity contribution in [3.8, 4) is 17.2 Å². The first-order valence-electron chi connectivity index (χ1n) is 7.50. The van der Waals surface area contributed by atoms with E-state index in [0.717, 1.165) is 16.9 Å². The van der Waals surface area contributed by atoms with Crippen LogP contribution in [0.15, 0.2) is 59.0 Å². The minimum Gasteiger partial charge on any atom is -0.489 e. The lowest BCUT2D eigenvalue weighted by atomic mass is 10.2. The number of hydrogen-bond donors (Lipinski definition) is 0. The molecule has 122 valence electrons. The Morgan fingerprint density at radius 2 is 1.79 bits per heavy atom. The summed E-state index contributed by atoms with van der Waals surface area (Å²) < 4.78 is 15.9. The van der Waals surface area contributed by atoms with Crippen LogP contribution in [-0.2, 0) is 11.3 Å². The van der Waals surface area contributed by atoms with Gasteiger partial charge in [-0.1, -0.05) is 30.3 Å². The number of ether oxygens (including phenoxy) is 2. The Balaban J connectivity index is 1.71. The second kappa shape index (κ2) is 7.00. The van der Waals surface area contributed by atoms with E-state index in [-0.39, 0.29) is 5.76 Å². The van der Waals surface area contributed by atoms with Crippen LogP contribution in [-0.4, -0.2) is 18.1 Å². The van der Waals surface area contributed by atoms with E-state index >= 15 is 0 Å². The summed E-state index contributed by atoms with van der Waals surface area (Å²) in [5, 5.41) is 0. The van der Waals surface area contributed by atoms with Crippen LogP contribution in [0.1, 0.15) is 21.8 Å². The monoisotopic (exact) mass is 323 g/mol. The Morgan fingerprint density at radius 3 is 2.46 bits per heavy atom. The zero-order valence-corrected chi connectivity index (χ0v) is 13.5. The highest BCUT2D eigenvalue weighted by atomic mass is 16.5. The van der Waals surface area contributed by atoms with Crippen molar-refractivity contribution < 1.29 is 18.7 Å². The number of aromatic nitrogens is 1. The maximum atomic E-state index is 11.6. The molecule has 0 amide bonds. The number of aryl methyl sites for hydroxylation is 1. The van der Waals surface area contributed by atoms with Crippen molar-refractivity contribution in [1.29, 1.82) is 0 Å². The molecule has 1 heterocycles. The zero-order valence-electron chi connectivity index (χ0n) is 13.5. The molecule has 1 aromatic heterocycles. The number of hydrogen-bond acceptors (Lipinski definition) is 5.